The van der Waals surface area contributed by atoms with Crippen molar-refractivity contribution in [3.8, 4) is 34.4 Å². The van der Waals surface area contributed by atoms with E-state index in [1.807, 2.05) is 36.4 Å². The molecule has 9 nitrogen and oxygen atoms in total. The number of benzene rings is 3. The Morgan fingerprint density at radius 3 is 2.57 bits per heavy atom. The maximum absolute atomic E-state index is 10.4. The third-order valence-corrected chi connectivity index (χ3v) is 12.2. The molecule has 2 heterocycles. The third-order valence-electron chi connectivity index (χ3n) is 11.5. The lowest BCUT2D eigenvalue weighted by Gasteiger charge is -2.58. The van der Waals surface area contributed by atoms with Crippen molar-refractivity contribution in [2.75, 3.05) is 26.2 Å². The van der Waals surface area contributed by atoms with Gasteiger partial charge in [-0.15, -0.1) is 0 Å². The number of aliphatic hydroxyl groups is 2. The second-order valence-electron chi connectivity index (χ2n) is 15.5. The van der Waals surface area contributed by atoms with Crippen molar-refractivity contribution in [3.63, 3.8) is 0 Å². The number of likely N-dealkylation sites (tertiary alicyclic amines) is 1. The Bertz CT molecular complexity index is 2020. The second-order valence-corrected chi connectivity index (χ2v) is 16.3. The average molecular weight is 770 g/mol. The van der Waals surface area contributed by atoms with Crippen molar-refractivity contribution >= 4 is 23.2 Å². The molecule has 282 valence electrons. The number of halogens is 2. The van der Waals surface area contributed by atoms with Crippen LogP contribution in [0, 0.1) is 16.7 Å². The van der Waals surface area contributed by atoms with Crippen LogP contribution in [-0.2, 0) is 19.6 Å². The molecule has 2 saturated carbocycles. The van der Waals surface area contributed by atoms with E-state index in [9.17, 15) is 15.5 Å². The van der Waals surface area contributed by atoms with Crippen LogP contribution in [0.25, 0.3) is 11.1 Å². The van der Waals surface area contributed by atoms with E-state index in [1.165, 1.54) is 11.8 Å². The van der Waals surface area contributed by atoms with Crippen LogP contribution in [0.15, 0.2) is 67.0 Å². The molecule has 0 radical (unpaired) electrons. The van der Waals surface area contributed by atoms with E-state index in [2.05, 4.69) is 33.4 Å². The van der Waals surface area contributed by atoms with Gasteiger partial charge in [0.25, 0.3) is 0 Å². The summed E-state index contributed by atoms with van der Waals surface area (Å²) in [6, 6.07) is 19.9. The number of aliphatic hydroxyl groups excluding tert-OH is 2. The van der Waals surface area contributed by atoms with E-state index in [0.717, 1.165) is 98.8 Å². The minimum atomic E-state index is -0.373. The van der Waals surface area contributed by atoms with E-state index in [4.69, 9.17) is 37.4 Å². The summed E-state index contributed by atoms with van der Waals surface area (Å²) in [5, 5.41) is 34.0. The summed E-state index contributed by atoms with van der Waals surface area (Å²) in [5.74, 6) is 1.82. The molecule has 1 saturated heterocycles. The molecule has 8 rings (SSSR count). The molecule has 0 bridgehead atoms. The van der Waals surface area contributed by atoms with Crippen LogP contribution in [0.2, 0.25) is 10.0 Å². The number of nitriles is 1. The summed E-state index contributed by atoms with van der Waals surface area (Å²) < 4.78 is 19.2. The molecule has 3 N–H and O–H groups in total. The molecular formula is C43H46Cl2N4O5. The smallest absolute Gasteiger partial charge is 0.142 e. The molecule has 4 aromatic rings. The van der Waals surface area contributed by atoms with E-state index in [-0.39, 0.29) is 31.0 Å². The number of fused-ring (bicyclic) bond motifs is 1. The number of aromatic nitrogens is 1. The highest BCUT2D eigenvalue weighted by molar-refractivity contribution is 6.35. The van der Waals surface area contributed by atoms with Gasteiger partial charge >= 0.3 is 0 Å². The molecule has 1 aliphatic heterocycles. The number of rotatable bonds is 14. The quantitative estimate of drug-likeness (QED) is 0.110. The Hall–Kier alpha value is -3.88. The lowest BCUT2D eigenvalue weighted by molar-refractivity contribution is -0.128. The Labute approximate surface area is 326 Å². The van der Waals surface area contributed by atoms with Crippen LogP contribution in [-0.4, -0.2) is 64.6 Å². The van der Waals surface area contributed by atoms with Gasteiger partial charge in [0.2, 0.25) is 0 Å². The first-order valence-electron chi connectivity index (χ1n) is 19.1. The molecule has 3 aromatic carbocycles. The number of nitrogens with zero attached hydrogens (tertiary/aromatic N) is 3. The maximum Gasteiger partial charge on any atom is 0.142 e. The molecule has 3 fully saturated rings. The largest absolute Gasteiger partial charge is 0.492 e. The SMILES string of the molecule is N#Cc1cncc(COc2cc(O[C@H]3CCc4c(-c5cccc(OCCCN6CC7(CC(O)C7)C6)c5Cl)cccc43)c(Cl)cc2CN[C@H]2CCC[C@@H]2O)c1. The van der Waals surface area contributed by atoms with Crippen molar-refractivity contribution in [1.29, 1.82) is 5.26 Å². The fourth-order valence-corrected chi connectivity index (χ4v) is 9.36. The number of ether oxygens (including phenoxy) is 3. The van der Waals surface area contributed by atoms with Gasteiger partial charge in [0, 0.05) is 72.8 Å². The van der Waals surface area contributed by atoms with Gasteiger partial charge in [0.15, 0.2) is 0 Å². The molecule has 3 atom stereocenters. The van der Waals surface area contributed by atoms with E-state index in [1.54, 1.807) is 12.3 Å². The fourth-order valence-electron chi connectivity index (χ4n) is 8.85. The van der Waals surface area contributed by atoms with Gasteiger partial charge in [-0.1, -0.05) is 53.5 Å². The molecule has 11 heteroatoms. The molecule has 4 aliphatic rings. The van der Waals surface area contributed by atoms with Gasteiger partial charge in [-0.3, -0.25) is 4.98 Å². The van der Waals surface area contributed by atoms with Gasteiger partial charge in [-0.2, -0.15) is 5.26 Å². The highest BCUT2D eigenvalue weighted by Gasteiger charge is 2.51. The van der Waals surface area contributed by atoms with Gasteiger partial charge in [-0.25, -0.2) is 0 Å². The zero-order valence-corrected chi connectivity index (χ0v) is 31.8. The van der Waals surface area contributed by atoms with Crippen molar-refractivity contribution in [1.82, 2.24) is 15.2 Å². The van der Waals surface area contributed by atoms with Crippen LogP contribution in [0.5, 0.6) is 17.2 Å². The van der Waals surface area contributed by atoms with Gasteiger partial charge in [0.1, 0.15) is 36.0 Å². The van der Waals surface area contributed by atoms with Crippen molar-refractivity contribution in [2.45, 2.75) is 88.9 Å². The van der Waals surface area contributed by atoms with E-state index < -0.39 is 0 Å². The summed E-state index contributed by atoms with van der Waals surface area (Å²) >= 11 is 13.9. The average Bonchev–Trinajstić information content (AvgIpc) is 3.76. The van der Waals surface area contributed by atoms with Crippen molar-refractivity contribution < 1.29 is 24.4 Å². The summed E-state index contributed by atoms with van der Waals surface area (Å²) in [6.07, 6.45) is 9.61. The van der Waals surface area contributed by atoms with Gasteiger partial charge in [-0.05, 0) is 86.3 Å². The standard InChI is InChI=1S/C43H46Cl2N4O5/c44-35-16-29(23-48-36-8-3-9-37(36)51)40(53-24-28-15-27(20-46)21-47-22-28)17-41(35)54-38-12-11-32-31(5-1-6-33(32)38)34-7-2-10-39(42(34)45)52-14-4-13-49-25-43(26-49)18-30(50)19-43/h1-2,5-7,10,15-17,21-22,30,36-38,48,50-51H,3-4,8-9,11-14,18-19,23-26H2/t36-,37-,38-/m0/s1. The molecule has 0 amide bonds. The van der Waals surface area contributed by atoms with Crippen LogP contribution in [0.1, 0.15) is 78.9 Å². The van der Waals surface area contributed by atoms with Crippen LogP contribution >= 0.6 is 23.2 Å². The molecular weight excluding hydrogens is 723 g/mol. The monoisotopic (exact) mass is 768 g/mol. The van der Waals surface area contributed by atoms with Crippen LogP contribution < -0.4 is 19.5 Å². The predicted octanol–water partition coefficient (Wildman–Crippen LogP) is 7.80. The van der Waals surface area contributed by atoms with E-state index in [0.29, 0.717) is 51.4 Å². The topological polar surface area (TPSA) is 120 Å². The minimum Gasteiger partial charge on any atom is -0.492 e. The number of hydrogen-bond donors (Lipinski definition) is 3. The predicted molar refractivity (Wildman–Crippen MR) is 208 cm³/mol. The Morgan fingerprint density at radius 2 is 1.78 bits per heavy atom. The van der Waals surface area contributed by atoms with Crippen LogP contribution in [0.4, 0.5) is 0 Å². The molecule has 1 aromatic heterocycles. The highest BCUT2D eigenvalue weighted by atomic mass is 35.5. The first kappa shape index (κ1) is 37.1. The fraction of sp³-hybridized carbons (Fsp3) is 0.442. The molecule has 0 unspecified atom stereocenters. The summed E-state index contributed by atoms with van der Waals surface area (Å²) in [5.41, 5.74) is 6.77. The summed E-state index contributed by atoms with van der Waals surface area (Å²) in [6.45, 7) is 4.42. The molecule has 54 heavy (non-hydrogen) atoms. The second kappa shape index (κ2) is 16.1. The van der Waals surface area contributed by atoms with Crippen molar-refractivity contribution in [2.24, 2.45) is 5.41 Å². The van der Waals surface area contributed by atoms with Crippen molar-refractivity contribution in [3.05, 3.63) is 105 Å². The zero-order valence-electron chi connectivity index (χ0n) is 30.3. The Kier molecular flexibility index (Phi) is 11.0. The zero-order chi connectivity index (χ0) is 37.2. The lowest BCUT2D eigenvalue weighted by Crippen LogP contribution is -2.63. The first-order chi connectivity index (χ1) is 26.3. The lowest BCUT2D eigenvalue weighted by atomic mass is 9.62. The number of hydrogen-bond acceptors (Lipinski definition) is 9. The van der Waals surface area contributed by atoms with E-state index >= 15 is 0 Å². The first-order valence-corrected chi connectivity index (χ1v) is 19.8. The Morgan fingerprint density at radius 1 is 0.944 bits per heavy atom. The van der Waals surface area contributed by atoms with Gasteiger partial charge in [0.05, 0.1) is 34.4 Å². The normalized spacial score (nSPS) is 21.6. The van der Waals surface area contributed by atoms with Crippen LogP contribution in [0.3, 0.4) is 0 Å². The highest BCUT2D eigenvalue weighted by Crippen LogP contribution is 2.48. The third kappa shape index (κ3) is 7.92. The number of pyridine rings is 1. The van der Waals surface area contributed by atoms with Gasteiger partial charge < -0.3 is 34.6 Å². The molecule has 3 aliphatic carbocycles. The number of nitrogens with one attached hydrogen (secondary N) is 1. The summed E-state index contributed by atoms with van der Waals surface area (Å²) in [7, 11) is 0. The maximum atomic E-state index is 10.4. The minimum absolute atomic E-state index is 0.0148. The molecule has 1 spiro atoms. The summed E-state index contributed by atoms with van der Waals surface area (Å²) in [4.78, 5) is 6.62. The Balaban J connectivity index is 0.958.